The Bertz CT molecular complexity index is 777. The van der Waals surface area contributed by atoms with E-state index < -0.39 is 0 Å². The molecule has 0 aromatic heterocycles. The van der Waals surface area contributed by atoms with Crippen LogP contribution in [0.5, 0.6) is 11.5 Å². The summed E-state index contributed by atoms with van der Waals surface area (Å²) in [6.07, 6.45) is 0.620. The van der Waals surface area contributed by atoms with Crippen molar-refractivity contribution >= 4 is 17.5 Å². The fraction of sp³-hybridized carbons (Fsp3) is 0.263. The number of benzene rings is 2. The summed E-state index contributed by atoms with van der Waals surface area (Å²) < 4.78 is 5.06. The number of anilines is 1. The molecule has 7 nitrogen and oxygen atoms in total. The first-order valence-corrected chi connectivity index (χ1v) is 8.22. The SMILES string of the molecule is CNC(=O)c1cccc(NCC(=O)NCCc2ccc(O)c(OC)c2)c1. The van der Waals surface area contributed by atoms with Crippen LogP contribution in [0.3, 0.4) is 0 Å². The lowest BCUT2D eigenvalue weighted by molar-refractivity contribution is -0.119. The molecule has 0 saturated carbocycles. The number of nitrogens with one attached hydrogen (secondary N) is 3. The third-order valence-corrected chi connectivity index (χ3v) is 3.78. The van der Waals surface area contributed by atoms with Gasteiger partial charge in [-0.05, 0) is 42.3 Å². The van der Waals surface area contributed by atoms with Crippen molar-refractivity contribution < 1.29 is 19.4 Å². The Labute approximate surface area is 152 Å². The average Bonchev–Trinajstić information content (AvgIpc) is 2.67. The quantitative estimate of drug-likeness (QED) is 0.574. The monoisotopic (exact) mass is 357 g/mol. The number of aromatic hydroxyl groups is 1. The van der Waals surface area contributed by atoms with Gasteiger partial charge in [-0.25, -0.2) is 0 Å². The fourth-order valence-electron chi connectivity index (χ4n) is 2.38. The van der Waals surface area contributed by atoms with Gasteiger partial charge in [0.05, 0.1) is 13.7 Å². The number of rotatable bonds is 8. The Morgan fingerprint density at radius 2 is 1.96 bits per heavy atom. The molecule has 2 amide bonds. The van der Waals surface area contributed by atoms with Gasteiger partial charge in [0.2, 0.25) is 5.91 Å². The molecule has 0 saturated heterocycles. The van der Waals surface area contributed by atoms with Crippen LogP contribution in [0.4, 0.5) is 5.69 Å². The van der Waals surface area contributed by atoms with Gasteiger partial charge in [-0.3, -0.25) is 9.59 Å². The summed E-state index contributed by atoms with van der Waals surface area (Å²) in [7, 11) is 3.06. The summed E-state index contributed by atoms with van der Waals surface area (Å²) in [5, 5.41) is 17.9. The topological polar surface area (TPSA) is 99.7 Å². The molecule has 26 heavy (non-hydrogen) atoms. The van der Waals surface area contributed by atoms with Gasteiger partial charge >= 0.3 is 0 Å². The van der Waals surface area contributed by atoms with Crippen LogP contribution in [0.15, 0.2) is 42.5 Å². The number of phenols is 1. The number of carbonyl (C=O) groups is 2. The van der Waals surface area contributed by atoms with Crippen LogP contribution in [0.1, 0.15) is 15.9 Å². The summed E-state index contributed by atoms with van der Waals surface area (Å²) in [6.45, 7) is 0.572. The van der Waals surface area contributed by atoms with Crippen LogP contribution >= 0.6 is 0 Å². The molecule has 4 N–H and O–H groups in total. The number of hydrogen-bond acceptors (Lipinski definition) is 5. The zero-order chi connectivity index (χ0) is 18.9. The standard InChI is InChI=1S/C19H23N3O4/c1-20-19(25)14-4-3-5-15(11-14)22-12-18(24)21-9-8-13-6-7-16(23)17(10-13)26-2/h3-7,10-11,22-23H,8-9,12H2,1-2H3,(H,20,25)(H,21,24). The van der Waals surface area contributed by atoms with Crippen LogP contribution in [-0.4, -0.2) is 44.2 Å². The number of hydrogen-bond donors (Lipinski definition) is 4. The summed E-state index contributed by atoms with van der Waals surface area (Å²) in [5.74, 6) is 0.165. The summed E-state index contributed by atoms with van der Waals surface area (Å²) >= 11 is 0. The Morgan fingerprint density at radius 3 is 2.69 bits per heavy atom. The van der Waals surface area contributed by atoms with E-state index in [9.17, 15) is 14.7 Å². The van der Waals surface area contributed by atoms with E-state index in [4.69, 9.17) is 4.74 Å². The zero-order valence-corrected chi connectivity index (χ0v) is 14.8. The average molecular weight is 357 g/mol. The van der Waals surface area contributed by atoms with E-state index in [0.29, 0.717) is 30.0 Å². The second kappa shape index (κ2) is 9.31. The highest BCUT2D eigenvalue weighted by molar-refractivity contribution is 5.95. The lowest BCUT2D eigenvalue weighted by Gasteiger charge is -2.10. The normalized spacial score (nSPS) is 10.1. The summed E-state index contributed by atoms with van der Waals surface area (Å²) in [4.78, 5) is 23.5. The third kappa shape index (κ3) is 5.41. The third-order valence-electron chi connectivity index (χ3n) is 3.78. The predicted molar refractivity (Wildman–Crippen MR) is 99.7 cm³/mol. The van der Waals surface area contributed by atoms with Gasteiger partial charge in [0.25, 0.3) is 5.91 Å². The van der Waals surface area contributed by atoms with Gasteiger partial charge in [-0.2, -0.15) is 0 Å². The van der Waals surface area contributed by atoms with Crippen molar-refractivity contribution in [1.82, 2.24) is 10.6 Å². The number of methoxy groups -OCH3 is 1. The van der Waals surface area contributed by atoms with Crippen LogP contribution in [-0.2, 0) is 11.2 Å². The maximum Gasteiger partial charge on any atom is 0.251 e. The maximum atomic E-state index is 11.9. The van der Waals surface area contributed by atoms with Crippen molar-refractivity contribution in [3.05, 3.63) is 53.6 Å². The van der Waals surface area contributed by atoms with Gasteiger partial charge in [-0.15, -0.1) is 0 Å². The molecule has 0 bridgehead atoms. The molecule has 0 fully saturated rings. The second-order valence-electron chi connectivity index (χ2n) is 5.62. The van der Waals surface area contributed by atoms with Gasteiger partial charge in [-0.1, -0.05) is 12.1 Å². The van der Waals surface area contributed by atoms with Crippen LogP contribution in [0.25, 0.3) is 0 Å². The molecule has 0 aliphatic heterocycles. The highest BCUT2D eigenvalue weighted by Gasteiger charge is 2.06. The highest BCUT2D eigenvalue weighted by Crippen LogP contribution is 2.26. The molecule has 0 aliphatic carbocycles. The molecule has 7 heteroatoms. The molecule has 2 aromatic carbocycles. The Balaban J connectivity index is 1.78. The number of carbonyl (C=O) groups excluding carboxylic acids is 2. The van der Waals surface area contributed by atoms with Crippen LogP contribution in [0, 0.1) is 0 Å². The van der Waals surface area contributed by atoms with E-state index in [0.717, 1.165) is 5.56 Å². The van der Waals surface area contributed by atoms with E-state index in [1.807, 2.05) is 0 Å². The van der Waals surface area contributed by atoms with Crippen molar-refractivity contribution in [3.63, 3.8) is 0 Å². The summed E-state index contributed by atoms with van der Waals surface area (Å²) in [5.41, 5.74) is 2.18. The van der Waals surface area contributed by atoms with Crippen molar-refractivity contribution in [2.24, 2.45) is 0 Å². The molecule has 138 valence electrons. The van der Waals surface area contributed by atoms with Gasteiger partial charge in [0.1, 0.15) is 0 Å². The lowest BCUT2D eigenvalue weighted by atomic mass is 10.1. The zero-order valence-electron chi connectivity index (χ0n) is 14.8. The molecule has 2 aromatic rings. The molecular weight excluding hydrogens is 334 g/mol. The van der Waals surface area contributed by atoms with Crippen molar-refractivity contribution in [3.8, 4) is 11.5 Å². The molecule has 0 aliphatic rings. The van der Waals surface area contributed by atoms with Gasteiger partial charge in [0, 0.05) is 24.8 Å². The van der Waals surface area contributed by atoms with E-state index >= 15 is 0 Å². The minimum atomic E-state index is -0.178. The van der Waals surface area contributed by atoms with Crippen molar-refractivity contribution in [2.75, 3.05) is 32.6 Å². The summed E-state index contributed by atoms with van der Waals surface area (Å²) in [6, 6.07) is 12.0. The fourth-order valence-corrected chi connectivity index (χ4v) is 2.38. The van der Waals surface area contributed by atoms with Gasteiger partial charge in [0.15, 0.2) is 11.5 Å². The predicted octanol–water partition coefficient (Wildman–Crippen LogP) is 1.53. The Hall–Kier alpha value is -3.22. The molecule has 0 spiro atoms. The number of ether oxygens (including phenoxy) is 1. The maximum absolute atomic E-state index is 11.9. The molecular formula is C19H23N3O4. The van der Waals surface area contributed by atoms with Gasteiger partial charge < -0.3 is 25.8 Å². The Kier molecular flexibility index (Phi) is 6.84. The number of amides is 2. The largest absolute Gasteiger partial charge is 0.504 e. The van der Waals surface area contributed by atoms with E-state index in [-0.39, 0.29) is 24.1 Å². The van der Waals surface area contributed by atoms with E-state index in [1.54, 1.807) is 49.5 Å². The smallest absolute Gasteiger partial charge is 0.251 e. The van der Waals surface area contributed by atoms with Crippen molar-refractivity contribution in [1.29, 1.82) is 0 Å². The van der Waals surface area contributed by atoms with E-state index in [1.165, 1.54) is 7.11 Å². The molecule has 0 unspecified atom stereocenters. The first-order valence-electron chi connectivity index (χ1n) is 8.22. The Morgan fingerprint density at radius 1 is 1.15 bits per heavy atom. The van der Waals surface area contributed by atoms with Crippen LogP contribution < -0.4 is 20.7 Å². The van der Waals surface area contributed by atoms with E-state index in [2.05, 4.69) is 16.0 Å². The first-order chi connectivity index (χ1) is 12.5. The molecule has 0 heterocycles. The minimum absolute atomic E-state index is 0.0865. The first kappa shape index (κ1) is 19.1. The number of phenolic OH excluding ortho intramolecular Hbond substituents is 1. The molecule has 0 radical (unpaired) electrons. The minimum Gasteiger partial charge on any atom is -0.504 e. The lowest BCUT2D eigenvalue weighted by Crippen LogP contribution is -2.31. The van der Waals surface area contributed by atoms with Crippen LogP contribution in [0.2, 0.25) is 0 Å². The highest BCUT2D eigenvalue weighted by atomic mass is 16.5. The molecule has 0 atom stereocenters. The second-order valence-corrected chi connectivity index (χ2v) is 5.62. The van der Waals surface area contributed by atoms with Crippen molar-refractivity contribution in [2.45, 2.75) is 6.42 Å². The molecule has 2 rings (SSSR count).